The molecule has 0 atom stereocenters. The molecule has 8 heteroatoms. The zero-order valence-corrected chi connectivity index (χ0v) is 15.4. The first kappa shape index (κ1) is 18.8. The van der Waals surface area contributed by atoms with Crippen LogP contribution >= 0.6 is 0 Å². The van der Waals surface area contributed by atoms with Gasteiger partial charge < -0.3 is 19.9 Å². The number of ether oxygens (including phenoxy) is 2. The van der Waals surface area contributed by atoms with E-state index >= 15 is 0 Å². The van der Waals surface area contributed by atoms with E-state index in [1.807, 2.05) is 49.4 Å². The molecule has 0 bridgehead atoms. The Morgan fingerprint density at radius 3 is 2.67 bits per heavy atom. The Morgan fingerprint density at radius 1 is 1.11 bits per heavy atom. The normalized spacial score (nSPS) is 10.8. The van der Waals surface area contributed by atoms with Crippen molar-refractivity contribution in [3.63, 3.8) is 0 Å². The van der Waals surface area contributed by atoms with Crippen LogP contribution in [0.15, 0.2) is 42.5 Å². The molecule has 0 unspecified atom stereocenters. The fourth-order valence-corrected chi connectivity index (χ4v) is 2.58. The average Bonchev–Trinajstić information content (AvgIpc) is 3.16. The fraction of sp³-hybridized carbons (Fsp3) is 0.316. The molecule has 1 aromatic heterocycles. The quantitative estimate of drug-likeness (QED) is 0.554. The van der Waals surface area contributed by atoms with Crippen LogP contribution in [0.3, 0.4) is 0 Å². The topological polar surface area (TPSA) is 94.3 Å². The lowest BCUT2D eigenvalue weighted by molar-refractivity contribution is 0.273. The highest BCUT2D eigenvalue weighted by molar-refractivity contribution is 5.43. The molecule has 0 aliphatic rings. The maximum absolute atomic E-state index is 8.84. The Bertz CT molecular complexity index is 864. The van der Waals surface area contributed by atoms with Crippen molar-refractivity contribution in [2.45, 2.75) is 20.1 Å². The lowest BCUT2D eigenvalue weighted by Gasteiger charge is -2.12. The highest BCUT2D eigenvalue weighted by Crippen LogP contribution is 2.28. The zero-order valence-electron chi connectivity index (χ0n) is 15.4. The molecule has 8 nitrogen and oxygen atoms in total. The van der Waals surface area contributed by atoms with Gasteiger partial charge in [0.15, 0.2) is 23.9 Å². The summed E-state index contributed by atoms with van der Waals surface area (Å²) < 4.78 is 13.0. The second kappa shape index (κ2) is 9.11. The molecule has 0 saturated heterocycles. The smallest absolute Gasteiger partial charge is 0.194 e. The lowest BCUT2D eigenvalue weighted by Crippen LogP contribution is -2.17. The molecule has 0 fully saturated rings. The Labute approximate surface area is 157 Å². The van der Waals surface area contributed by atoms with Gasteiger partial charge >= 0.3 is 0 Å². The molecule has 0 amide bonds. The largest absolute Gasteiger partial charge is 0.493 e. The molecule has 0 spiro atoms. The van der Waals surface area contributed by atoms with Crippen molar-refractivity contribution in [2.75, 3.05) is 20.3 Å². The number of nitrogens with one attached hydrogen (secondary N) is 1. The maximum Gasteiger partial charge on any atom is 0.194 e. The monoisotopic (exact) mass is 369 g/mol. The van der Waals surface area contributed by atoms with E-state index in [9.17, 15) is 0 Å². The van der Waals surface area contributed by atoms with Crippen LogP contribution in [0.25, 0.3) is 5.69 Å². The van der Waals surface area contributed by atoms with Crippen LogP contribution in [0.1, 0.15) is 17.0 Å². The Balaban J connectivity index is 1.70. The summed E-state index contributed by atoms with van der Waals surface area (Å²) in [5.41, 5.74) is 3.08. The van der Waals surface area contributed by atoms with Gasteiger partial charge in [-0.3, -0.25) is 0 Å². The van der Waals surface area contributed by atoms with Gasteiger partial charge in [-0.25, -0.2) is 0 Å². The van der Waals surface area contributed by atoms with Gasteiger partial charge in [-0.2, -0.15) is 4.68 Å². The van der Waals surface area contributed by atoms with Crippen LogP contribution in [-0.2, 0) is 13.2 Å². The number of aliphatic hydroxyl groups is 1. The van der Waals surface area contributed by atoms with Crippen molar-refractivity contribution >= 4 is 0 Å². The van der Waals surface area contributed by atoms with Crippen molar-refractivity contribution in [1.82, 2.24) is 25.5 Å². The van der Waals surface area contributed by atoms with Gasteiger partial charge in [0.2, 0.25) is 0 Å². The highest BCUT2D eigenvalue weighted by Gasteiger charge is 2.11. The molecule has 0 aliphatic heterocycles. The van der Waals surface area contributed by atoms with E-state index in [-0.39, 0.29) is 13.2 Å². The van der Waals surface area contributed by atoms with E-state index in [0.717, 1.165) is 11.3 Å². The van der Waals surface area contributed by atoms with Gasteiger partial charge in [0.25, 0.3) is 0 Å². The third-order valence-corrected chi connectivity index (χ3v) is 4.02. The van der Waals surface area contributed by atoms with Gasteiger partial charge in [-0.1, -0.05) is 23.8 Å². The summed E-state index contributed by atoms with van der Waals surface area (Å²) in [5, 5.41) is 23.8. The second-order valence-corrected chi connectivity index (χ2v) is 6.02. The van der Waals surface area contributed by atoms with E-state index in [2.05, 4.69) is 20.8 Å². The van der Waals surface area contributed by atoms with Gasteiger partial charge in [0, 0.05) is 13.1 Å². The van der Waals surface area contributed by atoms with E-state index in [1.165, 1.54) is 5.56 Å². The number of hydrogen-bond donors (Lipinski definition) is 2. The molecule has 2 aromatic carbocycles. The van der Waals surface area contributed by atoms with Crippen molar-refractivity contribution in [1.29, 1.82) is 0 Å². The summed E-state index contributed by atoms with van der Waals surface area (Å²) in [6, 6.07) is 13.7. The van der Waals surface area contributed by atoms with Crippen LogP contribution in [0.5, 0.6) is 11.5 Å². The number of nitrogens with zero attached hydrogens (tertiary/aromatic N) is 4. The van der Waals surface area contributed by atoms with Crippen LogP contribution in [0, 0.1) is 6.92 Å². The molecule has 3 aromatic rings. The van der Waals surface area contributed by atoms with Crippen molar-refractivity contribution in [2.24, 2.45) is 0 Å². The molecular weight excluding hydrogens is 346 g/mol. The molecule has 142 valence electrons. The minimum Gasteiger partial charge on any atom is -0.493 e. The van der Waals surface area contributed by atoms with E-state index < -0.39 is 0 Å². The minimum absolute atomic E-state index is 0.105. The van der Waals surface area contributed by atoms with Gasteiger partial charge in [-0.15, -0.1) is 5.10 Å². The first-order valence-electron chi connectivity index (χ1n) is 8.67. The standard InChI is InChI=1S/C19H23N5O3/c1-14-3-6-16(7-4-14)24-19(21-22-23-24)13-27-17-8-5-15(11-18(17)26-2)12-20-9-10-25/h3-8,11,20,25H,9-10,12-13H2,1-2H3. The first-order chi connectivity index (χ1) is 13.2. The number of aromatic nitrogens is 4. The van der Waals surface area contributed by atoms with E-state index in [1.54, 1.807) is 11.8 Å². The minimum atomic E-state index is 0.105. The number of rotatable bonds is 9. The predicted molar refractivity (Wildman–Crippen MR) is 100 cm³/mol. The van der Waals surface area contributed by atoms with Crippen LogP contribution in [0.4, 0.5) is 0 Å². The van der Waals surface area contributed by atoms with Crippen LogP contribution < -0.4 is 14.8 Å². The molecule has 0 radical (unpaired) electrons. The molecule has 3 rings (SSSR count). The molecule has 0 aliphatic carbocycles. The summed E-state index contributed by atoms with van der Waals surface area (Å²) in [6.45, 7) is 3.53. The number of tetrazole rings is 1. The van der Waals surface area contributed by atoms with Crippen molar-refractivity contribution < 1.29 is 14.6 Å². The second-order valence-electron chi connectivity index (χ2n) is 6.02. The number of hydrogen-bond acceptors (Lipinski definition) is 7. The van der Waals surface area contributed by atoms with E-state index in [0.29, 0.717) is 30.4 Å². The third-order valence-electron chi connectivity index (χ3n) is 4.02. The Kier molecular flexibility index (Phi) is 6.35. The number of methoxy groups -OCH3 is 1. The predicted octanol–water partition coefficient (Wildman–Crippen LogP) is 1.64. The third kappa shape index (κ3) is 4.81. The molecular formula is C19H23N5O3. The Morgan fingerprint density at radius 2 is 1.93 bits per heavy atom. The zero-order chi connectivity index (χ0) is 19.1. The lowest BCUT2D eigenvalue weighted by atomic mass is 10.2. The van der Waals surface area contributed by atoms with E-state index in [4.69, 9.17) is 14.6 Å². The average molecular weight is 369 g/mol. The van der Waals surface area contributed by atoms with Gasteiger partial charge in [0.05, 0.1) is 19.4 Å². The highest BCUT2D eigenvalue weighted by atomic mass is 16.5. The fourth-order valence-electron chi connectivity index (χ4n) is 2.58. The van der Waals surface area contributed by atoms with Crippen molar-refractivity contribution in [3.05, 3.63) is 59.4 Å². The molecule has 1 heterocycles. The number of aliphatic hydroxyl groups excluding tert-OH is 1. The van der Waals surface area contributed by atoms with Gasteiger partial charge in [-0.05, 0) is 47.2 Å². The Hall–Kier alpha value is -2.97. The molecule has 0 saturated carbocycles. The van der Waals surface area contributed by atoms with Crippen LogP contribution in [0.2, 0.25) is 0 Å². The summed E-state index contributed by atoms with van der Waals surface area (Å²) >= 11 is 0. The summed E-state index contributed by atoms with van der Waals surface area (Å²) in [6.07, 6.45) is 0. The maximum atomic E-state index is 8.84. The van der Waals surface area contributed by atoms with Gasteiger partial charge in [0.1, 0.15) is 0 Å². The van der Waals surface area contributed by atoms with Crippen molar-refractivity contribution in [3.8, 4) is 17.2 Å². The summed E-state index contributed by atoms with van der Waals surface area (Å²) in [5.74, 6) is 1.84. The van der Waals surface area contributed by atoms with Crippen LogP contribution in [-0.4, -0.2) is 45.6 Å². The first-order valence-corrected chi connectivity index (χ1v) is 8.67. The number of benzene rings is 2. The summed E-state index contributed by atoms with van der Waals surface area (Å²) in [4.78, 5) is 0. The number of aryl methyl sites for hydroxylation is 1. The molecule has 27 heavy (non-hydrogen) atoms. The SMILES string of the molecule is COc1cc(CNCCO)ccc1OCc1nnnn1-c1ccc(C)cc1. The summed E-state index contributed by atoms with van der Waals surface area (Å²) in [7, 11) is 1.60. The molecule has 2 N–H and O–H groups in total.